The van der Waals surface area contributed by atoms with Crippen LogP contribution >= 0.6 is 0 Å². The maximum absolute atomic E-state index is 10.7. The maximum Gasteiger partial charge on any atom is 0.354 e. The Hall–Kier alpha value is -2.36. The Bertz CT molecular complexity index is 561. The van der Waals surface area contributed by atoms with Crippen LogP contribution < -0.4 is 4.74 Å². The average Bonchev–Trinajstić information content (AvgIpc) is 2.47. The van der Waals surface area contributed by atoms with Gasteiger partial charge in [0, 0.05) is 0 Å². The molecule has 1 aromatic heterocycles. The summed E-state index contributed by atoms with van der Waals surface area (Å²) < 4.78 is 5.62. The Labute approximate surface area is 118 Å². The van der Waals surface area contributed by atoms with Gasteiger partial charge in [0.2, 0.25) is 0 Å². The summed E-state index contributed by atoms with van der Waals surface area (Å²) in [4.78, 5) is 14.5. The molecule has 104 valence electrons. The second kappa shape index (κ2) is 6.70. The highest BCUT2D eigenvalue weighted by molar-refractivity contribution is 5.85. The van der Waals surface area contributed by atoms with Gasteiger partial charge in [0.25, 0.3) is 0 Å². The third kappa shape index (κ3) is 3.82. The number of nitrogens with zero attached hydrogens (tertiary/aromatic N) is 1. The molecule has 0 saturated heterocycles. The SMILES string of the molecule is CCCCc1ccc(Oc2ccc(C(=O)O)nc2)cc1. The smallest absolute Gasteiger partial charge is 0.354 e. The van der Waals surface area contributed by atoms with Crippen LogP contribution in [0.1, 0.15) is 35.8 Å². The van der Waals surface area contributed by atoms with Crippen LogP contribution in [0.25, 0.3) is 0 Å². The van der Waals surface area contributed by atoms with E-state index in [1.54, 1.807) is 6.07 Å². The van der Waals surface area contributed by atoms with Crippen LogP contribution in [0.4, 0.5) is 0 Å². The zero-order valence-electron chi connectivity index (χ0n) is 11.4. The molecule has 1 heterocycles. The highest BCUT2D eigenvalue weighted by Crippen LogP contribution is 2.21. The van der Waals surface area contributed by atoms with E-state index in [1.807, 2.05) is 24.3 Å². The molecule has 0 aliphatic carbocycles. The van der Waals surface area contributed by atoms with Crippen molar-refractivity contribution < 1.29 is 14.6 Å². The lowest BCUT2D eigenvalue weighted by Crippen LogP contribution is -1.99. The highest BCUT2D eigenvalue weighted by atomic mass is 16.5. The number of aromatic carboxylic acids is 1. The number of carbonyl (C=O) groups is 1. The third-order valence-corrected chi connectivity index (χ3v) is 2.93. The van der Waals surface area contributed by atoms with Gasteiger partial charge in [-0.3, -0.25) is 0 Å². The Morgan fingerprint density at radius 3 is 2.40 bits per heavy atom. The van der Waals surface area contributed by atoms with Crippen LogP contribution in [0.2, 0.25) is 0 Å². The van der Waals surface area contributed by atoms with Gasteiger partial charge in [0.05, 0.1) is 6.20 Å². The van der Waals surface area contributed by atoms with Crippen LogP contribution in [-0.2, 0) is 6.42 Å². The molecular weight excluding hydrogens is 254 g/mol. The first-order valence-electron chi connectivity index (χ1n) is 6.65. The Balaban J connectivity index is 2.00. The van der Waals surface area contributed by atoms with Crippen molar-refractivity contribution in [3.05, 3.63) is 53.9 Å². The molecule has 0 saturated carbocycles. The molecule has 0 atom stereocenters. The van der Waals surface area contributed by atoms with Crippen LogP contribution in [0.15, 0.2) is 42.6 Å². The van der Waals surface area contributed by atoms with E-state index >= 15 is 0 Å². The molecule has 0 unspecified atom stereocenters. The molecule has 0 aliphatic heterocycles. The van der Waals surface area contributed by atoms with E-state index in [-0.39, 0.29) is 5.69 Å². The summed E-state index contributed by atoms with van der Waals surface area (Å²) in [6.45, 7) is 2.17. The van der Waals surface area contributed by atoms with Gasteiger partial charge < -0.3 is 9.84 Å². The van der Waals surface area contributed by atoms with Gasteiger partial charge in [-0.2, -0.15) is 0 Å². The van der Waals surface area contributed by atoms with Gasteiger partial charge in [-0.15, -0.1) is 0 Å². The van der Waals surface area contributed by atoms with Gasteiger partial charge in [-0.05, 0) is 42.7 Å². The van der Waals surface area contributed by atoms with Crippen molar-refractivity contribution in [2.24, 2.45) is 0 Å². The van der Waals surface area contributed by atoms with Crippen LogP contribution in [0, 0.1) is 0 Å². The third-order valence-electron chi connectivity index (χ3n) is 2.93. The maximum atomic E-state index is 10.7. The summed E-state index contributed by atoms with van der Waals surface area (Å²) in [6, 6.07) is 10.9. The number of carboxylic acid groups (broad SMARTS) is 1. The van der Waals surface area contributed by atoms with E-state index in [0.717, 1.165) is 12.2 Å². The fourth-order valence-electron chi connectivity index (χ4n) is 1.81. The van der Waals surface area contributed by atoms with Gasteiger partial charge in [0.1, 0.15) is 17.2 Å². The molecule has 2 aromatic rings. The molecule has 0 spiro atoms. The predicted molar refractivity (Wildman–Crippen MR) is 76.3 cm³/mol. The Kier molecular flexibility index (Phi) is 4.71. The molecule has 0 radical (unpaired) electrons. The van der Waals surface area contributed by atoms with E-state index in [0.29, 0.717) is 5.75 Å². The molecule has 20 heavy (non-hydrogen) atoms. The molecule has 0 aliphatic rings. The first-order valence-corrected chi connectivity index (χ1v) is 6.65. The van der Waals surface area contributed by atoms with E-state index in [9.17, 15) is 4.79 Å². The topological polar surface area (TPSA) is 59.4 Å². The lowest BCUT2D eigenvalue weighted by Gasteiger charge is -2.06. The summed E-state index contributed by atoms with van der Waals surface area (Å²) >= 11 is 0. The van der Waals surface area contributed by atoms with Crippen molar-refractivity contribution >= 4 is 5.97 Å². The van der Waals surface area contributed by atoms with Crippen LogP contribution in [-0.4, -0.2) is 16.1 Å². The fraction of sp³-hybridized carbons (Fsp3) is 0.250. The minimum atomic E-state index is -1.04. The van der Waals surface area contributed by atoms with Crippen molar-refractivity contribution in [3.8, 4) is 11.5 Å². The monoisotopic (exact) mass is 271 g/mol. The molecule has 4 heteroatoms. The zero-order chi connectivity index (χ0) is 14.4. The summed E-state index contributed by atoms with van der Waals surface area (Å²) in [7, 11) is 0. The van der Waals surface area contributed by atoms with Crippen molar-refractivity contribution in [2.45, 2.75) is 26.2 Å². The fourth-order valence-corrected chi connectivity index (χ4v) is 1.81. The Morgan fingerprint density at radius 2 is 1.85 bits per heavy atom. The summed E-state index contributed by atoms with van der Waals surface area (Å²) in [5.74, 6) is 0.197. The number of aryl methyl sites for hydroxylation is 1. The lowest BCUT2D eigenvalue weighted by molar-refractivity contribution is 0.0690. The number of carboxylic acids is 1. The van der Waals surface area contributed by atoms with E-state index < -0.39 is 5.97 Å². The lowest BCUT2D eigenvalue weighted by atomic mass is 10.1. The Morgan fingerprint density at radius 1 is 1.15 bits per heavy atom. The number of aromatic nitrogens is 1. The number of unbranched alkanes of at least 4 members (excludes halogenated alkanes) is 1. The largest absolute Gasteiger partial charge is 0.477 e. The average molecular weight is 271 g/mol. The van der Waals surface area contributed by atoms with Crippen molar-refractivity contribution in [1.29, 1.82) is 0 Å². The number of hydrogen-bond donors (Lipinski definition) is 1. The molecule has 4 nitrogen and oxygen atoms in total. The van der Waals surface area contributed by atoms with Gasteiger partial charge in [-0.25, -0.2) is 9.78 Å². The van der Waals surface area contributed by atoms with Crippen molar-refractivity contribution in [1.82, 2.24) is 4.98 Å². The van der Waals surface area contributed by atoms with Crippen molar-refractivity contribution in [2.75, 3.05) is 0 Å². The molecule has 2 rings (SSSR count). The molecule has 1 aromatic carbocycles. The second-order valence-electron chi connectivity index (χ2n) is 4.53. The molecule has 0 fully saturated rings. The number of ether oxygens (including phenoxy) is 1. The number of pyridine rings is 1. The minimum Gasteiger partial charge on any atom is -0.477 e. The van der Waals surface area contributed by atoms with E-state index in [1.165, 1.54) is 30.7 Å². The van der Waals surface area contributed by atoms with Gasteiger partial charge in [-0.1, -0.05) is 25.5 Å². The minimum absolute atomic E-state index is 0.00673. The molecule has 0 bridgehead atoms. The molecular formula is C16H17NO3. The van der Waals surface area contributed by atoms with Gasteiger partial charge >= 0.3 is 5.97 Å². The first-order chi connectivity index (χ1) is 9.69. The van der Waals surface area contributed by atoms with E-state index in [2.05, 4.69) is 11.9 Å². The molecule has 0 amide bonds. The standard InChI is InChI=1S/C16H17NO3/c1-2-3-4-12-5-7-13(8-6-12)20-14-9-10-15(16(18)19)17-11-14/h5-11H,2-4H2,1H3,(H,18,19). The molecule has 1 N–H and O–H groups in total. The predicted octanol–water partition coefficient (Wildman–Crippen LogP) is 3.91. The first kappa shape index (κ1) is 14.1. The second-order valence-corrected chi connectivity index (χ2v) is 4.53. The zero-order valence-corrected chi connectivity index (χ0v) is 11.4. The number of benzene rings is 1. The summed E-state index contributed by atoms with van der Waals surface area (Å²) in [5.41, 5.74) is 1.30. The van der Waals surface area contributed by atoms with E-state index in [4.69, 9.17) is 9.84 Å². The quantitative estimate of drug-likeness (QED) is 0.865. The number of rotatable bonds is 6. The summed E-state index contributed by atoms with van der Waals surface area (Å²) in [6.07, 6.45) is 4.85. The highest BCUT2D eigenvalue weighted by Gasteiger charge is 2.04. The van der Waals surface area contributed by atoms with Crippen LogP contribution in [0.3, 0.4) is 0 Å². The number of hydrogen-bond acceptors (Lipinski definition) is 3. The van der Waals surface area contributed by atoms with Crippen molar-refractivity contribution in [3.63, 3.8) is 0 Å². The summed E-state index contributed by atoms with van der Waals surface area (Å²) in [5, 5.41) is 8.76. The normalized spacial score (nSPS) is 10.2. The van der Waals surface area contributed by atoms with Gasteiger partial charge in [0.15, 0.2) is 0 Å². The van der Waals surface area contributed by atoms with Crippen LogP contribution in [0.5, 0.6) is 11.5 Å².